The molecule has 1 amide bonds. The first-order chi connectivity index (χ1) is 20.6. The molecule has 2 aliphatic rings. The topological polar surface area (TPSA) is 125 Å². The highest BCUT2D eigenvalue weighted by Gasteiger charge is 2.35. The number of aromatic nitrogens is 4. The summed E-state index contributed by atoms with van der Waals surface area (Å²) in [5, 5.41) is 0.0455. The number of hydrogen-bond donors (Lipinski definition) is 0. The molecule has 1 unspecified atom stereocenters. The Bertz CT molecular complexity index is 1800. The summed E-state index contributed by atoms with van der Waals surface area (Å²) in [7, 11) is -3.99. The number of aryl methyl sites for hydroxylation is 2. The SMILES string of the molecule is Cc1ccc(N2CCN(C(=O)Cn3cnc4sc(C)c(S(=O)(=O)N5CCN(c6ncccn6)CC5)c4c3=O)CC2C)cc1. The summed E-state index contributed by atoms with van der Waals surface area (Å²) in [6.07, 6.45) is 4.65. The van der Waals surface area contributed by atoms with Crippen molar-refractivity contribution in [2.45, 2.75) is 38.3 Å². The van der Waals surface area contributed by atoms with Gasteiger partial charge in [-0.1, -0.05) is 17.7 Å². The highest BCUT2D eigenvalue weighted by atomic mass is 32.2. The number of carbonyl (C=O) groups excluding carboxylic acids is 1. The number of fused-ring (bicyclic) bond motifs is 1. The van der Waals surface area contributed by atoms with Gasteiger partial charge in [-0.25, -0.2) is 23.4 Å². The minimum absolute atomic E-state index is 0.0171. The van der Waals surface area contributed by atoms with Crippen molar-refractivity contribution in [1.82, 2.24) is 28.7 Å². The van der Waals surface area contributed by atoms with E-state index in [9.17, 15) is 18.0 Å². The van der Waals surface area contributed by atoms with Crippen LogP contribution in [0.1, 0.15) is 17.4 Å². The van der Waals surface area contributed by atoms with Gasteiger partial charge in [0, 0.05) is 74.8 Å². The molecule has 226 valence electrons. The fraction of sp³-hybridized carbons (Fsp3) is 0.414. The quantitative estimate of drug-likeness (QED) is 0.318. The zero-order valence-electron chi connectivity index (χ0n) is 24.4. The standard InChI is InChI=1S/C29H34N8O4S2/c1-20-5-7-23(8-6-20)37-16-13-34(17-21(37)2)24(38)18-35-19-32-27-25(28(35)39)26(22(3)42-27)43(40,41)36-14-11-33(12-15-36)29-30-9-4-10-31-29/h4-10,19,21H,11-18H2,1-3H3. The molecule has 6 rings (SSSR count). The molecule has 1 aromatic carbocycles. The van der Waals surface area contributed by atoms with Crippen molar-refractivity contribution in [1.29, 1.82) is 0 Å². The first kappa shape index (κ1) is 29.2. The van der Waals surface area contributed by atoms with Gasteiger partial charge < -0.3 is 14.7 Å². The maximum absolute atomic E-state index is 13.9. The molecule has 14 heteroatoms. The van der Waals surface area contributed by atoms with Gasteiger partial charge in [-0.05, 0) is 39.0 Å². The van der Waals surface area contributed by atoms with Crippen LogP contribution in [-0.4, -0.2) is 94.9 Å². The molecular formula is C29H34N8O4S2. The molecule has 0 radical (unpaired) electrons. The van der Waals surface area contributed by atoms with E-state index < -0.39 is 15.6 Å². The van der Waals surface area contributed by atoms with Crippen LogP contribution in [0, 0.1) is 13.8 Å². The van der Waals surface area contributed by atoms with Crippen molar-refractivity contribution in [2.75, 3.05) is 55.6 Å². The average molecular weight is 623 g/mol. The molecule has 1 atom stereocenters. The molecule has 43 heavy (non-hydrogen) atoms. The van der Waals surface area contributed by atoms with Crippen molar-refractivity contribution in [3.05, 3.63) is 69.8 Å². The number of sulfonamides is 1. The first-order valence-corrected chi connectivity index (χ1v) is 16.5. The Morgan fingerprint density at radius 3 is 2.35 bits per heavy atom. The Morgan fingerprint density at radius 1 is 0.977 bits per heavy atom. The van der Waals surface area contributed by atoms with E-state index in [1.807, 2.05) is 4.90 Å². The Morgan fingerprint density at radius 2 is 1.67 bits per heavy atom. The number of carbonyl (C=O) groups is 1. The molecule has 0 spiro atoms. The molecule has 0 N–H and O–H groups in total. The summed E-state index contributed by atoms with van der Waals surface area (Å²) in [4.78, 5) is 46.8. The van der Waals surface area contributed by atoms with Crippen molar-refractivity contribution >= 4 is 49.1 Å². The van der Waals surface area contributed by atoms with Gasteiger partial charge >= 0.3 is 0 Å². The van der Waals surface area contributed by atoms with Crippen LogP contribution in [-0.2, 0) is 21.4 Å². The normalized spacial score (nSPS) is 18.4. The molecular weight excluding hydrogens is 589 g/mol. The van der Waals surface area contributed by atoms with Gasteiger partial charge in [0.15, 0.2) is 0 Å². The maximum atomic E-state index is 13.9. The number of thiophene rings is 1. The van der Waals surface area contributed by atoms with Gasteiger partial charge in [-0.3, -0.25) is 14.2 Å². The van der Waals surface area contributed by atoms with Crippen molar-refractivity contribution in [3.8, 4) is 0 Å². The lowest BCUT2D eigenvalue weighted by Gasteiger charge is -2.41. The second kappa shape index (κ2) is 11.7. The van der Waals surface area contributed by atoms with Gasteiger partial charge in [-0.2, -0.15) is 4.31 Å². The van der Waals surface area contributed by atoms with Gasteiger partial charge in [0.25, 0.3) is 5.56 Å². The van der Waals surface area contributed by atoms with Crippen LogP contribution in [0.15, 0.2) is 58.7 Å². The number of rotatable bonds is 6. The Balaban J connectivity index is 1.19. The predicted octanol–water partition coefficient (Wildman–Crippen LogP) is 2.11. The van der Waals surface area contributed by atoms with Gasteiger partial charge in [0.05, 0.1) is 11.7 Å². The smallest absolute Gasteiger partial charge is 0.263 e. The predicted molar refractivity (Wildman–Crippen MR) is 166 cm³/mol. The van der Waals surface area contributed by atoms with E-state index in [-0.39, 0.29) is 41.9 Å². The van der Waals surface area contributed by atoms with E-state index in [1.54, 1.807) is 30.3 Å². The Labute approximate surface area is 254 Å². The summed E-state index contributed by atoms with van der Waals surface area (Å²) in [6, 6.07) is 10.2. The third-order valence-electron chi connectivity index (χ3n) is 8.12. The summed E-state index contributed by atoms with van der Waals surface area (Å²) in [5.74, 6) is 0.355. The van der Waals surface area contributed by atoms with Crippen molar-refractivity contribution in [2.24, 2.45) is 0 Å². The number of anilines is 2. The zero-order chi connectivity index (χ0) is 30.3. The lowest BCUT2D eigenvalue weighted by Crippen LogP contribution is -2.54. The van der Waals surface area contributed by atoms with Gasteiger partial charge in [0.2, 0.25) is 21.9 Å². The highest BCUT2D eigenvalue weighted by molar-refractivity contribution is 7.89. The van der Waals surface area contributed by atoms with Crippen LogP contribution in [0.4, 0.5) is 11.6 Å². The van der Waals surface area contributed by atoms with E-state index in [4.69, 9.17) is 0 Å². The minimum atomic E-state index is -3.99. The maximum Gasteiger partial charge on any atom is 0.263 e. The first-order valence-electron chi connectivity index (χ1n) is 14.2. The monoisotopic (exact) mass is 622 g/mol. The van der Waals surface area contributed by atoms with Gasteiger partial charge in [0.1, 0.15) is 16.3 Å². The lowest BCUT2D eigenvalue weighted by molar-refractivity contribution is -0.132. The average Bonchev–Trinajstić information content (AvgIpc) is 3.37. The Kier molecular flexibility index (Phi) is 7.92. The number of hydrogen-bond acceptors (Lipinski definition) is 10. The third-order valence-corrected chi connectivity index (χ3v) is 11.3. The molecule has 0 bridgehead atoms. The summed E-state index contributed by atoms with van der Waals surface area (Å²) in [5.41, 5.74) is 1.79. The van der Waals surface area contributed by atoms with E-state index in [0.717, 1.165) is 5.69 Å². The zero-order valence-corrected chi connectivity index (χ0v) is 26.0. The number of piperazine rings is 2. The second-order valence-corrected chi connectivity index (χ2v) is 14.1. The largest absolute Gasteiger partial charge is 0.365 e. The van der Waals surface area contributed by atoms with Gasteiger partial charge in [-0.15, -0.1) is 11.3 Å². The van der Waals surface area contributed by atoms with Crippen LogP contribution in [0.2, 0.25) is 0 Å². The molecule has 2 aliphatic heterocycles. The van der Waals surface area contributed by atoms with Crippen LogP contribution in [0.25, 0.3) is 10.2 Å². The van der Waals surface area contributed by atoms with Crippen LogP contribution < -0.4 is 15.4 Å². The Hall–Kier alpha value is -3.88. The number of amides is 1. The summed E-state index contributed by atoms with van der Waals surface area (Å²) in [6.45, 7) is 8.67. The number of benzene rings is 1. The van der Waals surface area contributed by atoms with Crippen LogP contribution in [0.5, 0.6) is 0 Å². The van der Waals surface area contributed by atoms with E-state index in [0.29, 0.717) is 48.4 Å². The minimum Gasteiger partial charge on any atom is -0.365 e. The molecule has 3 aromatic heterocycles. The summed E-state index contributed by atoms with van der Waals surface area (Å²) < 4.78 is 30.4. The van der Waals surface area contributed by atoms with E-state index >= 15 is 0 Å². The molecule has 5 heterocycles. The fourth-order valence-electron chi connectivity index (χ4n) is 5.80. The van der Waals surface area contributed by atoms with Crippen LogP contribution in [0.3, 0.4) is 0 Å². The third kappa shape index (κ3) is 5.61. The molecule has 0 saturated carbocycles. The molecule has 4 aromatic rings. The molecule has 2 saturated heterocycles. The van der Waals surface area contributed by atoms with E-state index in [1.165, 1.54) is 32.1 Å². The number of nitrogens with zero attached hydrogens (tertiary/aromatic N) is 8. The summed E-state index contributed by atoms with van der Waals surface area (Å²) >= 11 is 1.17. The van der Waals surface area contributed by atoms with Crippen LogP contribution >= 0.6 is 11.3 Å². The van der Waals surface area contributed by atoms with E-state index in [2.05, 4.69) is 58.0 Å². The molecule has 0 aliphatic carbocycles. The van der Waals surface area contributed by atoms with Crippen molar-refractivity contribution in [3.63, 3.8) is 0 Å². The molecule has 12 nitrogen and oxygen atoms in total. The highest BCUT2D eigenvalue weighted by Crippen LogP contribution is 2.33. The second-order valence-electron chi connectivity index (χ2n) is 11.0. The van der Waals surface area contributed by atoms with Crippen molar-refractivity contribution < 1.29 is 13.2 Å². The lowest BCUT2D eigenvalue weighted by atomic mass is 10.1. The fourth-order valence-corrected chi connectivity index (χ4v) is 8.89. The molecule has 2 fully saturated rings.